The maximum absolute atomic E-state index is 9.38. The van der Waals surface area contributed by atoms with Crippen molar-refractivity contribution in [1.82, 2.24) is 11.0 Å². The first-order chi connectivity index (χ1) is 12.5. The van der Waals surface area contributed by atoms with Gasteiger partial charge in [-0.05, 0) is 49.2 Å². The lowest BCUT2D eigenvalue weighted by atomic mass is 10.1. The average Bonchev–Trinajstić information content (AvgIpc) is 2.64. The van der Waals surface area contributed by atoms with Crippen LogP contribution in [0.4, 0.5) is 5.69 Å². The number of phenols is 1. The van der Waals surface area contributed by atoms with Crippen LogP contribution in [0, 0.1) is 13.8 Å². The Morgan fingerprint density at radius 1 is 1.15 bits per heavy atom. The fraction of sp³-hybridized carbons (Fsp3) is 0.316. The molecule has 2 aromatic carbocycles. The first-order valence-corrected chi connectivity index (χ1v) is 8.37. The van der Waals surface area contributed by atoms with Crippen LogP contribution in [0.1, 0.15) is 30.5 Å². The molecule has 2 aromatic rings. The number of phenolic OH excluding ortho intramolecular Hbond substituents is 1. The van der Waals surface area contributed by atoms with E-state index in [4.69, 9.17) is 9.53 Å². The summed E-state index contributed by atoms with van der Waals surface area (Å²) in [4.78, 5) is 9.15. The maximum atomic E-state index is 9.38. The molecule has 6 N–H and O–H groups in total. The Bertz CT molecular complexity index is 663. The number of benzene rings is 2. The molecule has 0 aliphatic heterocycles. The summed E-state index contributed by atoms with van der Waals surface area (Å²) in [5.74, 6) is 5.60. The molecule has 144 valence electrons. The molecule has 7 heteroatoms. The van der Waals surface area contributed by atoms with Gasteiger partial charge in [-0.2, -0.15) is 5.53 Å². The molecule has 0 saturated carbocycles. The SMILES string of the molecule is CC.CNc1cccc(C)c1COc1ccc(O)cc1C.NNNC=O. The van der Waals surface area contributed by atoms with E-state index in [1.165, 1.54) is 5.56 Å². The van der Waals surface area contributed by atoms with Crippen molar-refractivity contribution < 1.29 is 14.6 Å². The lowest BCUT2D eigenvalue weighted by Gasteiger charge is -2.14. The highest BCUT2D eigenvalue weighted by Gasteiger charge is 2.07. The monoisotopic (exact) mass is 362 g/mol. The number of anilines is 1. The Balaban J connectivity index is 0.000000772. The molecule has 0 aliphatic carbocycles. The largest absolute Gasteiger partial charge is 0.508 e. The summed E-state index contributed by atoms with van der Waals surface area (Å²) in [6.07, 6.45) is 0.444. The van der Waals surface area contributed by atoms with Crippen LogP contribution in [0.3, 0.4) is 0 Å². The Labute approximate surface area is 155 Å². The molecule has 0 atom stereocenters. The number of ether oxygens (including phenoxy) is 1. The topological polar surface area (TPSA) is 109 Å². The van der Waals surface area contributed by atoms with Crippen LogP contribution in [-0.2, 0) is 11.4 Å². The van der Waals surface area contributed by atoms with Crippen molar-refractivity contribution in [1.29, 1.82) is 0 Å². The molecule has 0 spiro atoms. The second-order valence-corrected chi connectivity index (χ2v) is 5.00. The molecular formula is C19H30N4O3. The number of aryl methyl sites for hydroxylation is 2. The van der Waals surface area contributed by atoms with E-state index in [0.29, 0.717) is 13.0 Å². The van der Waals surface area contributed by atoms with Crippen LogP contribution in [0.25, 0.3) is 0 Å². The molecule has 0 heterocycles. The number of rotatable bonds is 6. The second kappa shape index (κ2) is 13.5. The van der Waals surface area contributed by atoms with Crippen LogP contribution < -0.4 is 26.9 Å². The maximum Gasteiger partial charge on any atom is 0.222 e. The highest BCUT2D eigenvalue weighted by atomic mass is 16.5. The average molecular weight is 362 g/mol. The highest BCUT2D eigenvalue weighted by Crippen LogP contribution is 2.25. The molecule has 0 aliphatic rings. The smallest absolute Gasteiger partial charge is 0.222 e. The molecular weight excluding hydrogens is 332 g/mol. The molecule has 0 radical (unpaired) electrons. The summed E-state index contributed by atoms with van der Waals surface area (Å²) in [5, 5.41) is 12.6. The molecule has 0 unspecified atom stereocenters. The number of carbonyl (C=O) groups excluding carboxylic acids is 1. The van der Waals surface area contributed by atoms with Gasteiger partial charge in [0, 0.05) is 18.3 Å². The van der Waals surface area contributed by atoms with Crippen molar-refractivity contribution in [3.05, 3.63) is 53.1 Å². The molecule has 2 rings (SSSR count). The molecule has 0 aromatic heterocycles. The van der Waals surface area contributed by atoms with E-state index in [1.807, 2.05) is 50.9 Å². The van der Waals surface area contributed by atoms with Gasteiger partial charge in [-0.15, -0.1) is 0 Å². The van der Waals surface area contributed by atoms with Gasteiger partial charge in [0.15, 0.2) is 0 Å². The van der Waals surface area contributed by atoms with E-state index in [9.17, 15) is 5.11 Å². The van der Waals surface area contributed by atoms with Gasteiger partial charge in [-0.1, -0.05) is 26.0 Å². The summed E-state index contributed by atoms with van der Waals surface area (Å²) < 4.78 is 5.85. The van der Waals surface area contributed by atoms with Crippen LogP contribution in [0.15, 0.2) is 36.4 Å². The predicted molar refractivity (Wildman–Crippen MR) is 106 cm³/mol. The molecule has 0 saturated heterocycles. The second-order valence-electron chi connectivity index (χ2n) is 5.00. The zero-order valence-electron chi connectivity index (χ0n) is 16.1. The fourth-order valence-corrected chi connectivity index (χ4v) is 2.11. The third-order valence-corrected chi connectivity index (χ3v) is 3.35. The van der Waals surface area contributed by atoms with Gasteiger partial charge in [-0.25, -0.2) is 0 Å². The van der Waals surface area contributed by atoms with E-state index in [1.54, 1.807) is 18.2 Å². The normalized spacial score (nSPS) is 9.00. The molecule has 7 nitrogen and oxygen atoms in total. The van der Waals surface area contributed by atoms with E-state index in [0.717, 1.165) is 22.6 Å². The van der Waals surface area contributed by atoms with Crippen molar-refractivity contribution in [2.24, 2.45) is 5.84 Å². The Kier molecular flexibility index (Phi) is 12.1. The van der Waals surface area contributed by atoms with Gasteiger partial charge in [0.05, 0.1) is 0 Å². The van der Waals surface area contributed by atoms with Crippen LogP contribution in [-0.4, -0.2) is 18.6 Å². The Morgan fingerprint density at radius 3 is 2.35 bits per heavy atom. The van der Waals surface area contributed by atoms with E-state index in [2.05, 4.69) is 24.1 Å². The zero-order valence-corrected chi connectivity index (χ0v) is 16.1. The van der Waals surface area contributed by atoms with E-state index < -0.39 is 0 Å². The molecule has 1 amide bonds. The van der Waals surface area contributed by atoms with Gasteiger partial charge in [0.1, 0.15) is 18.1 Å². The lowest BCUT2D eigenvalue weighted by molar-refractivity contribution is -0.110. The zero-order chi connectivity index (χ0) is 19.9. The van der Waals surface area contributed by atoms with Gasteiger partial charge >= 0.3 is 0 Å². The molecule has 0 bridgehead atoms. The number of carbonyl (C=O) groups is 1. The van der Waals surface area contributed by atoms with Crippen molar-refractivity contribution in [2.75, 3.05) is 12.4 Å². The van der Waals surface area contributed by atoms with Gasteiger partial charge < -0.3 is 15.2 Å². The van der Waals surface area contributed by atoms with Crippen molar-refractivity contribution in [3.63, 3.8) is 0 Å². The van der Waals surface area contributed by atoms with Gasteiger partial charge in [0.25, 0.3) is 0 Å². The summed E-state index contributed by atoms with van der Waals surface area (Å²) in [5.41, 5.74) is 8.22. The Morgan fingerprint density at radius 2 is 1.85 bits per heavy atom. The number of hydrogen-bond acceptors (Lipinski definition) is 6. The fourth-order valence-electron chi connectivity index (χ4n) is 2.11. The van der Waals surface area contributed by atoms with Crippen LogP contribution >= 0.6 is 0 Å². The number of hydrogen-bond donors (Lipinski definition) is 5. The highest BCUT2D eigenvalue weighted by molar-refractivity contribution is 5.54. The quantitative estimate of drug-likeness (QED) is 0.307. The van der Waals surface area contributed by atoms with Crippen molar-refractivity contribution >= 4 is 12.1 Å². The van der Waals surface area contributed by atoms with E-state index in [-0.39, 0.29) is 5.75 Å². The van der Waals surface area contributed by atoms with Gasteiger partial charge in [0.2, 0.25) is 6.41 Å². The van der Waals surface area contributed by atoms with Crippen LogP contribution in [0.5, 0.6) is 11.5 Å². The molecule has 26 heavy (non-hydrogen) atoms. The Hall–Kier alpha value is -2.77. The van der Waals surface area contributed by atoms with E-state index >= 15 is 0 Å². The predicted octanol–water partition coefficient (Wildman–Crippen LogP) is 2.77. The first kappa shape index (κ1) is 23.2. The third-order valence-electron chi connectivity index (χ3n) is 3.35. The van der Waals surface area contributed by atoms with Crippen LogP contribution in [0.2, 0.25) is 0 Å². The van der Waals surface area contributed by atoms with Crippen molar-refractivity contribution in [3.8, 4) is 11.5 Å². The summed E-state index contributed by atoms with van der Waals surface area (Å²) >= 11 is 0. The van der Waals surface area contributed by atoms with Gasteiger partial charge in [-0.3, -0.25) is 16.1 Å². The lowest BCUT2D eigenvalue weighted by Crippen LogP contribution is -2.36. The standard InChI is InChI=1S/C16H19NO2.C2H6.CH5N3O/c1-11-5-4-6-15(17-3)14(11)10-19-16-8-7-13(18)9-12(16)2;1-2;2-4-3-1-5/h4-9,17-18H,10H2,1-3H3;1-2H3;1,4H,2H2,(H,3,5). The number of nitrogens with one attached hydrogen (secondary N) is 3. The minimum Gasteiger partial charge on any atom is -0.508 e. The third kappa shape index (κ3) is 7.87. The summed E-state index contributed by atoms with van der Waals surface area (Å²) in [7, 11) is 1.91. The number of nitrogens with two attached hydrogens (primary N) is 1. The molecule has 0 fully saturated rings. The number of hydrazine groups is 2. The summed E-state index contributed by atoms with van der Waals surface area (Å²) in [6, 6.07) is 11.3. The number of amides is 1. The first-order valence-electron chi connectivity index (χ1n) is 8.37. The minimum absolute atomic E-state index is 0.261. The summed E-state index contributed by atoms with van der Waals surface area (Å²) in [6.45, 7) is 8.50. The number of aromatic hydroxyl groups is 1. The van der Waals surface area contributed by atoms with Crippen molar-refractivity contribution in [2.45, 2.75) is 34.3 Å². The minimum atomic E-state index is 0.261.